The molecule has 31 heavy (non-hydrogen) atoms. The van der Waals surface area contributed by atoms with Crippen LogP contribution in [0, 0.1) is 10.1 Å². The SMILES string of the molecule is COc1ccc(C2=NN3[C@H](C2)c2ccccc2O[C@@H]3c2ccc(Cl)c([N+](=O)[O-])c2)cc1. The fourth-order valence-electron chi connectivity index (χ4n) is 4.04. The first kappa shape index (κ1) is 19.4. The van der Waals surface area contributed by atoms with Crippen LogP contribution in [-0.4, -0.2) is 22.8 Å². The Balaban J connectivity index is 1.58. The van der Waals surface area contributed by atoms with Crippen molar-refractivity contribution >= 4 is 23.0 Å². The molecule has 2 heterocycles. The number of fused-ring (bicyclic) bond motifs is 3. The van der Waals surface area contributed by atoms with E-state index in [1.165, 1.54) is 12.1 Å². The maximum absolute atomic E-state index is 11.4. The minimum absolute atomic E-state index is 0.0400. The average molecular weight is 436 g/mol. The van der Waals surface area contributed by atoms with E-state index in [0.29, 0.717) is 12.0 Å². The number of ether oxygens (including phenoxy) is 2. The summed E-state index contributed by atoms with van der Waals surface area (Å²) < 4.78 is 11.5. The molecule has 2 atom stereocenters. The first-order chi connectivity index (χ1) is 15.0. The van der Waals surface area contributed by atoms with Crippen LogP contribution in [-0.2, 0) is 0 Å². The largest absolute Gasteiger partial charge is 0.497 e. The van der Waals surface area contributed by atoms with Crippen molar-refractivity contribution in [1.82, 2.24) is 5.01 Å². The minimum atomic E-state index is -0.605. The van der Waals surface area contributed by atoms with E-state index < -0.39 is 11.2 Å². The zero-order chi connectivity index (χ0) is 21.5. The molecule has 2 aliphatic rings. The molecular weight excluding hydrogens is 418 g/mol. The number of hydrazone groups is 1. The summed E-state index contributed by atoms with van der Waals surface area (Å²) in [7, 11) is 1.63. The van der Waals surface area contributed by atoms with Crippen LogP contribution in [0.2, 0.25) is 5.02 Å². The predicted octanol–water partition coefficient (Wildman–Crippen LogP) is 5.50. The Kier molecular flexibility index (Phi) is 4.75. The number of nitro benzene ring substituents is 1. The third kappa shape index (κ3) is 3.37. The van der Waals surface area contributed by atoms with Gasteiger partial charge >= 0.3 is 0 Å². The summed E-state index contributed by atoms with van der Waals surface area (Å²) in [5.74, 6) is 1.53. The van der Waals surface area contributed by atoms with E-state index in [9.17, 15) is 10.1 Å². The van der Waals surface area contributed by atoms with Crippen molar-refractivity contribution in [3.05, 3.63) is 98.6 Å². The van der Waals surface area contributed by atoms with Gasteiger partial charge in [-0.1, -0.05) is 35.9 Å². The van der Waals surface area contributed by atoms with E-state index >= 15 is 0 Å². The molecule has 8 heteroatoms. The normalized spacial score (nSPS) is 19.2. The van der Waals surface area contributed by atoms with Gasteiger partial charge in [0.25, 0.3) is 5.69 Å². The monoisotopic (exact) mass is 435 g/mol. The van der Waals surface area contributed by atoms with Gasteiger partial charge < -0.3 is 9.47 Å². The van der Waals surface area contributed by atoms with Gasteiger partial charge in [-0.25, -0.2) is 5.01 Å². The van der Waals surface area contributed by atoms with Crippen molar-refractivity contribution < 1.29 is 14.4 Å². The van der Waals surface area contributed by atoms with Crippen molar-refractivity contribution in [2.45, 2.75) is 18.7 Å². The highest BCUT2D eigenvalue weighted by Crippen LogP contribution is 2.48. The van der Waals surface area contributed by atoms with Crippen LogP contribution < -0.4 is 9.47 Å². The second-order valence-corrected chi connectivity index (χ2v) is 7.76. The van der Waals surface area contributed by atoms with Crippen molar-refractivity contribution in [3.8, 4) is 11.5 Å². The van der Waals surface area contributed by atoms with Crippen LogP contribution in [0.15, 0.2) is 71.8 Å². The molecule has 3 aromatic carbocycles. The highest BCUT2D eigenvalue weighted by molar-refractivity contribution is 6.32. The Morgan fingerprint density at radius 1 is 1.16 bits per heavy atom. The van der Waals surface area contributed by atoms with Crippen molar-refractivity contribution in [3.63, 3.8) is 0 Å². The first-order valence-electron chi connectivity index (χ1n) is 9.75. The second-order valence-electron chi connectivity index (χ2n) is 7.35. The number of rotatable bonds is 4. The van der Waals surface area contributed by atoms with Crippen molar-refractivity contribution in [2.24, 2.45) is 5.10 Å². The summed E-state index contributed by atoms with van der Waals surface area (Å²) in [4.78, 5) is 10.9. The number of nitro groups is 1. The molecule has 0 radical (unpaired) electrons. The van der Waals surface area contributed by atoms with Crippen LogP contribution in [0.25, 0.3) is 0 Å². The number of hydrogen-bond acceptors (Lipinski definition) is 6. The van der Waals surface area contributed by atoms with E-state index in [4.69, 9.17) is 26.2 Å². The molecule has 0 unspecified atom stereocenters. The van der Waals surface area contributed by atoms with Gasteiger partial charge in [-0.2, -0.15) is 5.10 Å². The van der Waals surface area contributed by atoms with Crippen LogP contribution >= 0.6 is 11.6 Å². The number of halogens is 1. The Bertz CT molecular complexity index is 1200. The van der Waals surface area contributed by atoms with Crippen molar-refractivity contribution in [1.29, 1.82) is 0 Å². The van der Waals surface area contributed by atoms with Gasteiger partial charge in [-0.05, 0) is 42.0 Å². The zero-order valence-corrected chi connectivity index (χ0v) is 17.3. The zero-order valence-electron chi connectivity index (χ0n) is 16.6. The van der Waals surface area contributed by atoms with Crippen molar-refractivity contribution in [2.75, 3.05) is 7.11 Å². The molecule has 0 aliphatic carbocycles. The summed E-state index contributed by atoms with van der Waals surface area (Å²) in [5, 5.41) is 18.2. The predicted molar refractivity (Wildman–Crippen MR) is 117 cm³/mol. The van der Waals surface area contributed by atoms with E-state index in [1.807, 2.05) is 53.5 Å². The molecule has 3 aromatic rings. The minimum Gasteiger partial charge on any atom is -0.497 e. The Morgan fingerprint density at radius 3 is 2.68 bits per heavy atom. The van der Waals surface area contributed by atoms with Crippen LogP contribution in [0.3, 0.4) is 0 Å². The molecule has 5 rings (SSSR count). The molecule has 0 spiro atoms. The van der Waals surface area contributed by atoms with Gasteiger partial charge in [-0.15, -0.1) is 0 Å². The summed E-state index contributed by atoms with van der Waals surface area (Å²) >= 11 is 6.02. The fraction of sp³-hybridized carbons (Fsp3) is 0.174. The molecule has 0 fully saturated rings. The topological polar surface area (TPSA) is 77.2 Å². The standard InChI is InChI=1S/C23H18ClN3O4/c1-30-16-9-6-14(7-10-16)19-13-20-17-4-2-3-5-22(17)31-23(26(20)25-19)15-8-11-18(24)21(12-15)27(28)29/h2-12,20,23H,13H2,1H3/t20-,23-/m1/s1. The maximum Gasteiger partial charge on any atom is 0.288 e. The molecule has 156 valence electrons. The third-order valence-electron chi connectivity index (χ3n) is 5.57. The van der Waals surface area contributed by atoms with Gasteiger partial charge in [0.05, 0.1) is 23.8 Å². The lowest BCUT2D eigenvalue weighted by Crippen LogP contribution is -2.33. The summed E-state index contributed by atoms with van der Waals surface area (Å²) in [5.41, 5.74) is 3.41. The molecule has 0 amide bonds. The number of hydrogen-bond donors (Lipinski definition) is 0. The lowest BCUT2D eigenvalue weighted by Gasteiger charge is -2.38. The van der Waals surface area contributed by atoms with Gasteiger partial charge in [-0.3, -0.25) is 10.1 Å². The van der Waals surface area contributed by atoms with E-state index in [0.717, 1.165) is 28.3 Å². The average Bonchev–Trinajstić information content (AvgIpc) is 3.24. The summed E-state index contributed by atoms with van der Waals surface area (Å²) in [6.45, 7) is 0. The molecule has 0 N–H and O–H groups in total. The maximum atomic E-state index is 11.4. The molecule has 2 aliphatic heterocycles. The molecule has 0 aromatic heterocycles. The number of methoxy groups -OCH3 is 1. The lowest BCUT2D eigenvalue weighted by molar-refractivity contribution is -0.384. The quantitative estimate of drug-likeness (QED) is 0.399. The number of para-hydroxylation sites is 1. The lowest BCUT2D eigenvalue weighted by atomic mass is 9.96. The first-order valence-corrected chi connectivity index (χ1v) is 10.1. The summed E-state index contributed by atoms with van der Waals surface area (Å²) in [6.07, 6.45) is 0.0884. The van der Waals surface area contributed by atoms with Gasteiger partial charge in [0.1, 0.15) is 16.5 Å². The highest BCUT2D eigenvalue weighted by Gasteiger charge is 2.41. The van der Waals surface area contributed by atoms with E-state index in [2.05, 4.69) is 0 Å². The Labute approximate surface area is 183 Å². The number of nitrogens with zero attached hydrogens (tertiary/aromatic N) is 3. The molecular formula is C23H18ClN3O4. The highest BCUT2D eigenvalue weighted by atomic mass is 35.5. The third-order valence-corrected chi connectivity index (χ3v) is 5.89. The van der Waals surface area contributed by atoms with E-state index in [-0.39, 0.29) is 16.8 Å². The van der Waals surface area contributed by atoms with Gasteiger partial charge in [0.2, 0.25) is 6.23 Å². The van der Waals surface area contributed by atoms with Gasteiger partial charge in [0.15, 0.2) is 0 Å². The molecule has 7 nitrogen and oxygen atoms in total. The Hall–Kier alpha value is -3.58. The van der Waals surface area contributed by atoms with E-state index in [1.54, 1.807) is 13.2 Å². The van der Waals surface area contributed by atoms with Crippen LogP contribution in [0.4, 0.5) is 5.69 Å². The Morgan fingerprint density at radius 2 is 1.94 bits per heavy atom. The molecule has 0 saturated heterocycles. The van der Waals surface area contributed by atoms with Crippen LogP contribution in [0.1, 0.15) is 35.4 Å². The molecule has 0 bridgehead atoms. The summed E-state index contributed by atoms with van der Waals surface area (Å²) in [6, 6.07) is 20.3. The van der Waals surface area contributed by atoms with Gasteiger partial charge in [0, 0.05) is 23.6 Å². The fourth-order valence-corrected chi connectivity index (χ4v) is 4.22. The number of benzene rings is 3. The second kappa shape index (κ2) is 7.59. The smallest absolute Gasteiger partial charge is 0.288 e. The molecule has 0 saturated carbocycles. The van der Waals surface area contributed by atoms with Crippen LogP contribution in [0.5, 0.6) is 11.5 Å².